The monoisotopic (exact) mass is 370 g/mol. The maximum Gasteiger partial charge on any atom is 0.360 e. The van der Waals surface area contributed by atoms with Crippen molar-refractivity contribution in [1.29, 1.82) is 0 Å². The Morgan fingerprint density at radius 3 is 2.96 bits per heavy atom. The molecule has 1 aliphatic rings. The second kappa shape index (κ2) is 6.35. The number of benzene rings is 1. The standard InChI is InChI=1S/C20H19FN2O4/c1-20(2)26-11-15-13(9-22-17(18(15)27-20)19(24)25-3)10-23-7-6-12-8-14(21)4-5-16(12)23/h4-9H,10-11H2,1-3H3. The fraction of sp³-hybridized carbons (Fsp3) is 0.300. The molecule has 0 bridgehead atoms. The average molecular weight is 370 g/mol. The lowest BCUT2D eigenvalue weighted by Gasteiger charge is -2.34. The normalized spacial score (nSPS) is 15.3. The number of hydrogen-bond donors (Lipinski definition) is 0. The average Bonchev–Trinajstić information content (AvgIpc) is 3.02. The Hall–Kier alpha value is -2.93. The van der Waals surface area contributed by atoms with Crippen LogP contribution in [0.25, 0.3) is 10.9 Å². The molecule has 140 valence electrons. The number of aromatic nitrogens is 2. The zero-order valence-electron chi connectivity index (χ0n) is 15.3. The lowest BCUT2D eigenvalue weighted by atomic mass is 10.1. The van der Waals surface area contributed by atoms with Crippen LogP contribution in [0.2, 0.25) is 0 Å². The highest BCUT2D eigenvalue weighted by atomic mass is 19.1. The van der Waals surface area contributed by atoms with E-state index in [4.69, 9.17) is 14.2 Å². The molecule has 0 spiro atoms. The number of fused-ring (bicyclic) bond motifs is 2. The highest BCUT2D eigenvalue weighted by Crippen LogP contribution is 2.36. The predicted molar refractivity (Wildman–Crippen MR) is 96.1 cm³/mol. The van der Waals surface area contributed by atoms with Gasteiger partial charge in [-0.1, -0.05) is 0 Å². The molecule has 7 heteroatoms. The molecular formula is C20H19FN2O4. The van der Waals surface area contributed by atoms with Crippen LogP contribution in [0.5, 0.6) is 5.75 Å². The van der Waals surface area contributed by atoms with Crippen LogP contribution in [0.1, 0.15) is 35.5 Å². The van der Waals surface area contributed by atoms with Gasteiger partial charge in [0.25, 0.3) is 0 Å². The third-order valence-corrected chi connectivity index (χ3v) is 4.59. The van der Waals surface area contributed by atoms with E-state index >= 15 is 0 Å². The van der Waals surface area contributed by atoms with Crippen molar-refractivity contribution in [3.63, 3.8) is 0 Å². The van der Waals surface area contributed by atoms with Crippen LogP contribution in [-0.4, -0.2) is 28.4 Å². The molecule has 6 nitrogen and oxygen atoms in total. The first-order chi connectivity index (χ1) is 12.9. The maximum absolute atomic E-state index is 13.4. The zero-order valence-corrected chi connectivity index (χ0v) is 15.3. The molecule has 0 fully saturated rings. The van der Waals surface area contributed by atoms with Crippen LogP contribution in [0.15, 0.2) is 36.7 Å². The van der Waals surface area contributed by atoms with Crippen LogP contribution in [0, 0.1) is 5.82 Å². The first-order valence-electron chi connectivity index (χ1n) is 8.54. The number of methoxy groups -OCH3 is 1. The molecule has 0 aliphatic carbocycles. The van der Waals surface area contributed by atoms with Crippen LogP contribution in [-0.2, 0) is 22.6 Å². The number of hydrogen-bond acceptors (Lipinski definition) is 5. The van der Waals surface area contributed by atoms with E-state index in [2.05, 4.69) is 4.98 Å². The summed E-state index contributed by atoms with van der Waals surface area (Å²) in [4.78, 5) is 16.4. The van der Waals surface area contributed by atoms with Crippen molar-refractivity contribution in [3.8, 4) is 5.75 Å². The summed E-state index contributed by atoms with van der Waals surface area (Å²) in [5.41, 5.74) is 2.65. The van der Waals surface area contributed by atoms with Crippen molar-refractivity contribution in [2.24, 2.45) is 0 Å². The van der Waals surface area contributed by atoms with Gasteiger partial charge in [0, 0.05) is 49.3 Å². The number of rotatable bonds is 3. The van der Waals surface area contributed by atoms with Gasteiger partial charge in [0.1, 0.15) is 5.82 Å². The Morgan fingerprint density at radius 1 is 1.37 bits per heavy atom. The molecule has 4 rings (SSSR count). The molecule has 1 aliphatic heterocycles. The summed E-state index contributed by atoms with van der Waals surface area (Å²) >= 11 is 0. The van der Waals surface area contributed by atoms with Gasteiger partial charge >= 0.3 is 5.97 Å². The Balaban J connectivity index is 1.78. The molecule has 2 aromatic heterocycles. The van der Waals surface area contributed by atoms with Gasteiger partial charge < -0.3 is 18.8 Å². The van der Waals surface area contributed by atoms with Crippen LogP contribution in [0.4, 0.5) is 4.39 Å². The summed E-state index contributed by atoms with van der Waals surface area (Å²) in [6, 6.07) is 6.52. The van der Waals surface area contributed by atoms with Gasteiger partial charge in [0.05, 0.1) is 13.7 Å². The van der Waals surface area contributed by atoms with E-state index in [1.54, 1.807) is 26.1 Å². The molecule has 0 amide bonds. The molecule has 27 heavy (non-hydrogen) atoms. The smallest absolute Gasteiger partial charge is 0.360 e. The molecule has 0 unspecified atom stereocenters. The van der Waals surface area contributed by atoms with Crippen LogP contribution >= 0.6 is 0 Å². The van der Waals surface area contributed by atoms with Gasteiger partial charge in [0.2, 0.25) is 5.79 Å². The SMILES string of the molecule is COC(=O)c1ncc(Cn2ccc3cc(F)ccc32)c2c1OC(C)(C)OC2. The third-order valence-electron chi connectivity index (χ3n) is 4.59. The molecule has 0 saturated heterocycles. The van der Waals surface area contributed by atoms with Crippen molar-refractivity contribution in [2.45, 2.75) is 32.8 Å². The van der Waals surface area contributed by atoms with E-state index in [0.717, 1.165) is 22.0 Å². The Bertz CT molecular complexity index is 1040. The first kappa shape index (κ1) is 17.5. The van der Waals surface area contributed by atoms with Crippen molar-refractivity contribution < 1.29 is 23.4 Å². The summed E-state index contributed by atoms with van der Waals surface area (Å²) in [6.07, 6.45) is 3.52. The topological polar surface area (TPSA) is 62.6 Å². The summed E-state index contributed by atoms with van der Waals surface area (Å²) in [6.45, 7) is 4.33. The minimum atomic E-state index is -0.867. The number of ether oxygens (including phenoxy) is 3. The second-order valence-corrected chi connectivity index (χ2v) is 6.87. The van der Waals surface area contributed by atoms with Gasteiger partial charge in [-0.25, -0.2) is 14.2 Å². The number of halogens is 1. The minimum Gasteiger partial charge on any atom is -0.464 e. The fourth-order valence-electron chi connectivity index (χ4n) is 3.23. The van der Waals surface area contributed by atoms with Gasteiger partial charge in [-0.2, -0.15) is 0 Å². The van der Waals surface area contributed by atoms with Gasteiger partial charge in [-0.05, 0) is 29.8 Å². The summed E-state index contributed by atoms with van der Waals surface area (Å²) in [5.74, 6) is -1.31. The number of nitrogens with zero attached hydrogens (tertiary/aromatic N) is 2. The van der Waals surface area contributed by atoms with Gasteiger partial charge in [-0.3, -0.25) is 0 Å². The second-order valence-electron chi connectivity index (χ2n) is 6.87. The molecule has 0 N–H and O–H groups in total. The van der Waals surface area contributed by atoms with Crippen LogP contribution < -0.4 is 4.74 Å². The van der Waals surface area contributed by atoms with E-state index in [9.17, 15) is 9.18 Å². The van der Waals surface area contributed by atoms with Gasteiger partial charge in [0.15, 0.2) is 11.4 Å². The van der Waals surface area contributed by atoms with Crippen molar-refractivity contribution >= 4 is 16.9 Å². The summed E-state index contributed by atoms with van der Waals surface area (Å²) in [7, 11) is 1.31. The highest BCUT2D eigenvalue weighted by molar-refractivity contribution is 5.91. The third kappa shape index (κ3) is 3.14. The molecule has 0 atom stereocenters. The quantitative estimate of drug-likeness (QED) is 0.659. The highest BCUT2D eigenvalue weighted by Gasteiger charge is 2.33. The van der Waals surface area contributed by atoms with Crippen molar-refractivity contribution in [1.82, 2.24) is 9.55 Å². The number of pyridine rings is 1. The Kier molecular flexibility index (Phi) is 4.11. The fourth-order valence-corrected chi connectivity index (χ4v) is 3.23. The maximum atomic E-state index is 13.4. The number of carbonyl (C=O) groups is 1. The van der Waals surface area contributed by atoms with E-state index in [-0.39, 0.29) is 18.1 Å². The molecule has 0 radical (unpaired) electrons. The minimum absolute atomic E-state index is 0.132. The van der Waals surface area contributed by atoms with E-state index in [0.29, 0.717) is 12.3 Å². The van der Waals surface area contributed by atoms with Crippen molar-refractivity contribution in [3.05, 3.63) is 59.3 Å². The zero-order chi connectivity index (χ0) is 19.2. The first-order valence-corrected chi connectivity index (χ1v) is 8.54. The van der Waals surface area contributed by atoms with E-state index in [1.165, 1.54) is 19.2 Å². The summed E-state index contributed by atoms with van der Waals surface area (Å²) < 4.78 is 31.9. The Labute approximate surface area is 155 Å². The molecule has 3 heterocycles. The Morgan fingerprint density at radius 2 is 2.19 bits per heavy atom. The molecule has 1 aromatic carbocycles. The summed E-state index contributed by atoms with van der Waals surface area (Å²) in [5, 5.41) is 0.816. The van der Waals surface area contributed by atoms with Crippen LogP contribution in [0.3, 0.4) is 0 Å². The van der Waals surface area contributed by atoms with E-state index < -0.39 is 11.8 Å². The van der Waals surface area contributed by atoms with E-state index in [1.807, 2.05) is 16.8 Å². The molecule has 3 aromatic rings. The number of carbonyl (C=O) groups excluding carboxylic acids is 1. The molecule has 0 saturated carbocycles. The predicted octanol–water partition coefficient (Wildman–Crippen LogP) is 3.66. The van der Waals surface area contributed by atoms with Gasteiger partial charge in [-0.15, -0.1) is 0 Å². The number of esters is 1. The molecular weight excluding hydrogens is 351 g/mol. The lowest BCUT2D eigenvalue weighted by Crippen LogP contribution is -2.37. The van der Waals surface area contributed by atoms with Crippen molar-refractivity contribution in [2.75, 3.05) is 7.11 Å². The largest absolute Gasteiger partial charge is 0.464 e. The lowest BCUT2D eigenvalue weighted by molar-refractivity contribution is -0.180.